The molecule has 1 aromatic heterocycles. The second kappa shape index (κ2) is 9.18. The predicted molar refractivity (Wildman–Crippen MR) is 119 cm³/mol. The molecular weight excluding hydrogens is 420 g/mol. The van der Waals surface area contributed by atoms with Crippen LogP contribution in [0.4, 0.5) is 0 Å². The summed E-state index contributed by atoms with van der Waals surface area (Å²) in [5, 5.41) is 7.16. The van der Waals surface area contributed by atoms with Crippen molar-refractivity contribution in [3.8, 4) is 11.4 Å². The zero-order valence-electron chi connectivity index (χ0n) is 17.7. The van der Waals surface area contributed by atoms with E-state index >= 15 is 0 Å². The van der Waals surface area contributed by atoms with Crippen LogP contribution in [0.15, 0.2) is 52.1 Å². The molecule has 0 bridgehead atoms. The van der Waals surface area contributed by atoms with Crippen LogP contribution in [-0.2, 0) is 6.54 Å². The lowest BCUT2D eigenvalue weighted by Crippen LogP contribution is -2.46. The number of methoxy groups -OCH3 is 1. The average Bonchev–Trinajstić information content (AvgIpc) is 2.73. The molecule has 0 spiro atoms. The first-order chi connectivity index (χ1) is 14.7. The van der Waals surface area contributed by atoms with E-state index in [1.54, 1.807) is 56.3 Å². The number of rotatable bonds is 6. The van der Waals surface area contributed by atoms with Gasteiger partial charge in [0, 0.05) is 11.1 Å². The van der Waals surface area contributed by atoms with Crippen LogP contribution in [0.5, 0.6) is 5.75 Å². The van der Waals surface area contributed by atoms with Crippen LogP contribution in [0, 0.1) is 6.92 Å². The molecular formula is C22H23ClN4O4. The molecule has 1 N–H and O–H groups in total. The SMILES string of the molecule is COc1cccc(Cn2c(=O)c(C(=O)NC(C)C)nn(-c3ccc(C)c(Cl)c3)c2=O)c1. The van der Waals surface area contributed by atoms with E-state index in [0.717, 1.165) is 14.8 Å². The Bertz CT molecular complexity index is 1250. The van der Waals surface area contributed by atoms with Crippen molar-refractivity contribution in [1.29, 1.82) is 0 Å². The highest BCUT2D eigenvalue weighted by Crippen LogP contribution is 2.18. The minimum atomic E-state index is -0.777. The lowest BCUT2D eigenvalue weighted by molar-refractivity contribution is 0.0933. The number of amides is 1. The molecule has 2 aromatic carbocycles. The maximum atomic E-state index is 13.2. The van der Waals surface area contributed by atoms with Crippen LogP contribution in [0.2, 0.25) is 5.02 Å². The Morgan fingerprint density at radius 2 is 1.94 bits per heavy atom. The van der Waals surface area contributed by atoms with E-state index in [4.69, 9.17) is 16.3 Å². The van der Waals surface area contributed by atoms with Crippen molar-refractivity contribution >= 4 is 17.5 Å². The Hall–Kier alpha value is -3.39. The molecule has 0 unspecified atom stereocenters. The van der Waals surface area contributed by atoms with Gasteiger partial charge in [-0.1, -0.05) is 29.8 Å². The number of halogens is 1. The molecule has 0 radical (unpaired) electrons. The van der Waals surface area contributed by atoms with Crippen molar-refractivity contribution in [1.82, 2.24) is 19.7 Å². The number of benzene rings is 2. The number of carbonyl (C=O) groups is 1. The van der Waals surface area contributed by atoms with Crippen molar-refractivity contribution in [2.75, 3.05) is 7.11 Å². The van der Waals surface area contributed by atoms with Gasteiger partial charge in [0.1, 0.15) is 5.75 Å². The molecule has 8 nitrogen and oxygen atoms in total. The standard InChI is InChI=1S/C22H23ClN4O4/c1-13(2)24-20(28)19-21(29)26(12-15-6-5-7-17(10-15)31-4)22(30)27(25-19)16-9-8-14(3)18(23)11-16/h5-11,13H,12H2,1-4H3,(H,24,28). The Balaban J connectivity index is 2.22. The van der Waals surface area contributed by atoms with Gasteiger partial charge in [-0.15, -0.1) is 0 Å². The quantitative estimate of drug-likeness (QED) is 0.633. The molecule has 1 heterocycles. The van der Waals surface area contributed by atoms with E-state index in [9.17, 15) is 14.4 Å². The van der Waals surface area contributed by atoms with Gasteiger partial charge in [0.2, 0.25) is 5.69 Å². The van der Waals surface area contributed by atoms with E-state index < -0.39 is 17.2 Å². The zero-order valence-corrected chi connectivity index (χ0v) is 18.4. The highest BCUT2D eigenvalue weighted by Gasteiger charge is 2.21. The molecule has 3 aromatic rings. The third-order valence-electron chi connectivity index (χ3n) is 4.57. The number of hydrogen-bond acceptors (Lipinski definition) is 5. The number of aromatic nitrogens is 3. The van der Waals surface area contributed by atoms with Gasteiger partial charge in [-0.2, -0.15) is 9.78 Å². The molecule has 0 saturated heterocycles. The van der Waals surface area contributed by atoms with Gasteiger partial charge in [0.25, 0.3) is 11.5 Å². The van der Waals surface area contributed by atoms with Gasteiger partial charge in [-0.25, -0.2) is 4.79 Å². The molecule has 31 heavy (non-hydrogen) atoms. The van der Waals surface area contributed by atoms with Gasteiger partial charge >= 0.3 is 5.69 Å². The summed E-state index contributed by atoms with van der Waals surface area (Å²) in [6.07, 6.45) is 0. The number of aryl methyl sites for hydroxylation is 1. The summed E-state index contributed by atoms with van der Waals surface area (Å²) in [7, 11) is 1.53. The molecule has 162 valence electrons. The Morgan fingerprint density at radius 1 is 1.19 bits per heavy atom. The fourth-order valence-corrected chi connectivity index (χ4v) is 3.14. The minimum absolute atomic E-state index is 0.0566. The maximum absolute atomic E-state index is 13.2. The van der Waals surface area contributed by atoms with Gasteiger partial charge in [-0.3, -0.25) is 14.2 Å². The molecule has 0 aliphatic carbocycles. The summed E-state index contributed by atoms with van der Waals surface area (Å²) >= 11 is 6.22. The zero-order chi connectivity index (χ0) is 22.7. The van der Waals surface area contributed by atoms with Crippen molar-refractivity contribution in [3.63, 3.8) is 0 Å². The van der Waals surface area contributed by atoms with Crippen LogP contribution in [0.1, 0.15) is 35.5 Å². The highest BCUT2D eigenvalue weighted by atomic mass is 35.5. The number of ether oxygens (including phenoxy) is 1. The summed E-state index contributed by atoms with van der Waals surface area (Å²) in [6, 6.07) is 11.7. The van der Waals surface area contributed by atoms with E-state index in [1.807, 2.05) is 6.92 Å². The van der Waals surface area contributed by atoms with Gasteiger partial charge in [0.15, 0.2) is 0 Å². The summed E-state index contributed by atoms with van der Waals surface area (Å²) < 4.78 is 7.21. The lowest BCUT2D eigenvalue weighted by Gasteiger charge is -2.14. The Labute approximate surface area is 184 Å². The minimum Gasteiger partial charge on any atom is -0.497 e. The molecule has 3 rings (SSSR count). The summed E-state index contributed by atoms with van der Waals surface area (Å²) in [4.78, 5) is 38.9. The predicted octanol–water partition coefficient (Wildman–Crippen LogP) is 2.55. The largest absolute Gasteiger partial charge is 0.497 e. The van der Waals surface area contributed by atoms with Crippen molar-refractivity contribution in [2.45, 2.75) is 33.4 Å². The average molecular weight is 443 g/mol. The van der Waals surface area contributed by atoms with Gasteiger partial charge in [-0.05, 0) is 56.2 Å². The maximum Gasteiger partial charge on any atom is 0.352 e. The molecule has 1 amide bonds. The van der Waals surface area contributed by atoms with Crippen molar-refractivity contribution in [2.24, 2.45) is 0 Å². The van der Waals surface area contributed by atoms with Crippen LogP contribution in [-0.4, -0.2) is 33.4 Å². The van der Waals surface area contributed by atoms with E-state index in [1.165, 1.54) is 7.11 Å². The van der Waals surface area contributed by atoms with Crippen LogP contribution in [0.3, 0.4) is 0 Å². The third kappa shape index (κ3) is 4.86. The van der Waals surface area contributed by atoms with Crippen molar-refractivity contribution in [3.05, 3.63) is 85.1 Å². The fourth-order valence-electron chi connectivity index (χ4n) is 2.96. The Kier molecular flexibility index (Phi) is 6.60. The second-order valence-electron chi connectivity index (χ2n) is 7.35. The van der Waals surface area contributed by atoms with Crippen LogP contribution < -0.4 is 21.3 Å². The monoisotopic (exact) mass is 442 g/mol. The topological polar surface area (TPSA) is 95.2 Å². The third-order valence-corrected chi connectivity index (χ3v) is 4.98. The number of nitrogens with zero attached hydrogens (tertiary/aromatic N) is 3. The first kappa shape index (κ1) is 22.3. The lowest BCUT2D eigenvalue weighted by atomic mass is 10.2. The van der Waals surface area contributed by atoms with Gasteiger partial charge in [0.05, 0.1) is 19.3 Å². The van der Waals surface area contributed by atoms with Crippen LogP contribution in [0.25, 0.3) is 5.69 Å². The number of nitrogens with one attached hydrogen (secondary N) is 1. The summed E-state index contributed by atoms with van der Waals surface area (Å²) in [5.74, 6) is -0.0747. The second-order valence-corrected chi connectivity index (χ2v) is 7.75. The van der Waals surface area contributed by atoms with E-state index in [-0.39, 0.29) is 18.3 Å². The Morgan fingerprint density at radius 3 is 2.58 bits per heavy atom. The molecule has 0 saturated carbocycles. The molecule has 0 fully saturated rings. The van der Waals surface area contributed by atoms with Crippen LogP contribution >= 0.6 is 11.6 Å². The highest BCUT2D eigenvalue weighted by molar-refractivity contribution is 6.31. The normalized spacial score (nSPS) is 10.9. The fraction of sp³-hybridized carbons (Fsp3) is 0.273. The summed E-state index contributed by atoms with van der Waals surface area (Å²) in [6.45, 7) is 5.30. The molecule has 0 aliphatic rings. The van der Waals surface area contributed by atoms with Crippen molar-refractivity contribution < 1.29 is 9.53 Å². The first-order valence-electron chi connectivity index (χ1n) is 9.65. The molecule has 9 heteroatoms. The van der Waals surface area contributed by atoms with Gasteiger partial charge < -0.3 is 10.1 Å². The van der Waals surface area contributed by atoms with E-state index in [0.29, 0.717) is 22.0 Å². The molecule has 0 atom stereocenters. The number of hydrogen-bond donors (Lipinski definition) is 1. The molecule has 0 aliphatic heterocycles. The smallest absolute Gasteiger partial charge is 0.352 e. The first-order valence-corrected chi connectivity index (χ1v) is 10.0. The summed E-state index contributed by atoms with van der Waals surface area (Å²) in [5.41, 5.74) is -0.0184. The van der Waals surface area contributed by atoms with E-state index in [2.05, 4.69) is 10.4 Å². The number of carbonyl (C=O) groups excluding carboxylic acids is 1.